The van der Waals surface area contributed by atoms with Gasteiger partial charge in [-0.3, -0.25) is 9.36 Å². The molecule has 6 N–H and O–H groups in total. The highest BCUT2D eigenvalue weighted by Gasteiger charge is 2.34. The van der Waals surface area contributed by atoms with Crippen LogP contribution >= 0.6 is 0 Å². The van der Waals surface area contributed by atoms with Crippen LogP contribution in [0.4, 0.5) is 5.82 Å². The van der Waals surface area contributed by atoms with Gasteiger partial charge in [-0.2, -0.15) is 0 Å². The van der Waals surface area contributed by atoms with Gasteiger partial charge in [-0.25, -0.2) is 15.0 Å². The lowest BCUT2D eigenvalue weighted by Crippen LogP contribution is -2.43. The smallest absolute Gasteiger partial charge is 0.251 e. The van der Waals surface area contributed by atoms with E-state index in [2.05, 4.69) is 22.4 Å². The van der Waals surface area contributed by atoms with E-state index in [0.29, 0.717) is 39.6 Å². The Labute approximate surface area is 231 Å². The minimum absolute atomic E-state index is 0.177. The number of amides is 1. The van der Waals surface area contributed by atoms with Crippen molar-refractivity contribution in [1.82, 2.24) is 24.8 Å². The highest BCUT2D eigenvalue weighted by molar-refractivity contribution is 5.95. The van der Waals surface area contributed by atoms with Gasteiger partial charge in [0.2, 0.25) is 0 Å². The molecule has 40 heavy (non-hydrogen) atoms. The van der Waals surface area contributed by atoms with E-state index in [0.717, 1.165) is 36.1 Å². The molecule has 0 spiro atoms. The second-order valence-corrected chi connectivity index (χ2v) is 10.4. The van der Waals surface area contributed by atoms with E-state index < -0.39 is 6.10 Å². The Morgan fingerprint density at radius 2 is 1.88 bits per heavy atom. The Morgan fingerprint density at radius 3 is 2.58 bits per heavy atom. The van der Waals surface area contributed by atoms with Crippen molar-refractivity contribution in [3.63, 3.8) is 0 Å². The van der Waals surface area contributed by atoms with Crippen molar-refractivity contribution in [2.45, 2.75) is 37.8 Å². The molecule has 0 aliphatic heterocycles. The molecule has 6 rings (SSSR count). The molecule has 0 radical (unpaired) electrons. The van der Waals surface area contributed by atoms with Crippen molar-refractivity contribution >= 4 is 22.9 Å². The Morgan fingerprint density at radius 1 is 1.07 bits per heavy atom. The Hall–Kier alpha value is -4.60. The molecule has 202 valence electrons. The molecule has 3 heterocycles. The van der Waals surface area contributed by atoms with Crippen molar-refractivity contribution in [2.75, 3.05) is 12.3 Å². The summed E-state index contributed by atoms with van der Waals surface area (Å²) >= 11 is 0. The summed E-state index contributed by atoms with van der Waals surface area (Å²) in [6, 6.07) is 23.0. The van der Waals surface area contributed by atoms with E-state index in [4.69, 9.17) is 21.4 Å². The molecule has 1 saturated carbocycles. The molecule has 9 nitrogen and oxygen atoms in total. The zero-order valence-electron chi connectivity index (χ0n) is 22.2. The van der Waals surface area contributed by atoms with Crippen LogP contribution in [-0.4, -0.2) is 43.2 Å². The quantitative estimate of drug-likeness (QED) is 0.246. The number of rotatable bonds is 7. The van der Waals surface area contributed by atoms with Gasteiger partial charge in [-0.15, -0.1) is 0 Å². The fourth-order valence-corrected chi connectivity index (χ4v) is 5.10. The van der Waals surface area contributed by atoms with Crippen molar-refractivity contribution in [1.29, 1.82) is 0 Å². The highest BCUT2D eigenvalue weighted by Crippen LogP contribution is 2.39. The monoisotopic (exact) mass is 533 g/mol. The topological polar surface area (TPSA) is 145 Å². The van der Waals surface area contributed by atoms with Crippen molar-refractivity contribution < 1.29 is 9.90 Å². The number of nitrogen functional groups attached to an aromatic ring is 1. The summed E-state index contributed by atoms with van der Waals surface area (Å²) in [5.74, 6) is 0.755. The number of aliphatic hydroxyl groups excluding tert-OH is 1. The number of nitrogens with two attached hydrogens (primary N) is 2. The Balaban J connectivity index is 1.46. The van der Waals surface area contributed by atoms with Gasteiger partial charge in [0, 0.05) is 35.1 Å². The first kappa shape index (κ1) is 25.7. The summed E-state index contributed by atoms with van der Waals surface area (Å²) in [5.41, 5.74) is 18.6. The maximum Gasteiger partial charge on any atom is 0.251 e. The number of pyridine rings is 2. The lowest BCUT2D eigenvalue weighted by molar-refractivity contribution is 0.0924. The van der Waals surface area contributed by atoms with Crippen LogP contribution in [-0.2, 0) is 5.54 Å². The molecule has 1 aliphatic rings. The van der Waals surface area contributed by atoms with Crippen LogP contribution in [0.15, 0.2) is 79.0 Å². The lowest BCUT2D eigenvalue weighted by atomic mass is 9.73. The highest BCUT2D eigenvalue weighted by atomic mass is 16.3. The van der Waals surface area contributed by atoms with Crippen LogP contribution in [0.3, 0.4) is 0 Å². The number of carbonyl (C=O) groups excluding carboxylic acids is 1. The minimum atomic E-state index is -0.627. The number of fused-ring (bicyclic) bond motifs is 1. The van der Waals surface area contributed by atoms with Gasteiger partial charge < -0.3 is 21.9 Å². The largest absolute Gasteiger partial charge is 0.392 e. The average molecular weight is 534 g/mol. The van der Waals surface area contributed by atoms with Crippen LogP contribution in [0.5, 0.6) is 0 Å². The first-order chi connectivity index (χ1) is 19.3. The molecular formula is C31H31N7O2. The van der Waals surface area contributed by atoms with E-state index >= 15 is 0 Å². The molecule has 2 aromatic carbocycles. The molecule has 1 aliphatic carbocycles. The molecule has 0 saturated heterocycles. The zero-order chi connectivity index (χ0) is 27.9. The predicted octanol–water partition coefficient (Wildman–Crippen LogP) is 4.18. The number of benzene rings is 2. The Bertz CT molecular complexity index is 1710. The van der Waals surface area contributed by atoms with E-state index in [9.17, 15) is 9.90 Å². The fraction of sp³-hybridized carbons (Fsp3) is 0.226. The van der Waals surface area contributed by atoms with Gasteiger partial charge in [0.1, 0.15) is 11.3 Å². The van der Waals surface area contributed by atoms with Crippen LogP contribution in [0.2, 0.25) is 0 Å². The number of anilines is 1. The second kappa shape index (κ2) is 10.2. The van der Waals surface area contributed by atoms with Gasteiger partial charge in [0.15, 0.2) is 11.5 Å². The Kier molecular flexibility index (Phi) is 6.53. The number of imidazole rings is 1. The number of aromatic nitrogens is 4. The summed E-state index contributed by atoms with van der Waals surface area (Å²) in [5, 5.41) is 12.3. The lowest BCUT2D eigenvalue weighted by Gasteiger charge is -2.38. The van der Waals surface area contributed by atoms with Crippen molar-refractivity contribution in [2.24, 2.45) is 5.73 Å². The molecule has 0 bridgehead atoms. The van der Waals surface area contributed by atoms with Gasteiger partial charge in [0.05, 0.1) is 17.4 Å². The van der Waals surface area contributed by atoms with Gasteiger partial charge in [0.25, 0.3) is 5.91 Å². The normalized spacial score (nSPS) is 15.0. The maximum absolute atomic E-state index is 12.6. The van der Waals surface area contributed by atoms with Crippen molar-refractivity contribution in [3.05, 3.63) is 90.1 Å². The average Bonchev–Trinajstić information content (AvgIpc) is 3.33. The number of hydrogen-bond acceptors (Lipinski definition) is 7. The number of carbonyl (C=O) groups is 1. The summed E-state index contributed by atoms with van der Waals surface area (Å²) in [7, 11) is 0. The molecule has 1 fully saturated rings. The first-order valence-corrected chi connectivity index (χ1v) is 13.4. The first-order valence-electron chi connectivity index (χ1n) is 13.4. The molecule has 1 unspecified atom stereocenters. The third-order valence-corrected chi connectivity index (χ3v) is 7.51. The zero-order valence-corrected chi connectivity index (χ0v) is 22.2. The van der Waals surface area contributed by atoms with Gasteiger partial charge in [-0.05, 0) is 80.3 Å². The fourth-order valence-electron chi connectivity index (χ4n) is 5.10. The molecule has 9 heteroatoms. The van der Waals surface area contributed by atoms with E-state index in [-0.39, 0.29) is 18.0 Å². The minimum Gasteiger partial charge on any atom is -0.392 e. The van der Waals surface area contributed by atoms with Crippen molar-refractivity contribution in [3.8, 4) is 28.3 Å². The third kappa shape index (κ3) is 4.70. The van der Waals surface area contributed by atoms with Gasteiger partial charge in [-0.1, -0.05) is 24.3 Å². The molecule has 1 amide bonds. The number of nitrogens with zero attached hydrogens (tertiary/aromatic N) is 4. The predicted molar refractivity (Wildman–Crippen MR) is 156 cm³/mol. The number of nitrogens with one attached hydrogen (secondary N) is 1. The van der Waals surface area contributed by atoms with Crippen LogP contribution < -0.4 is 16.8 Å². The second-order valence-electron chi connectivity index (χ2n) is 10.4. The number of aliphatic hydroxyl groups is 1. The summed E-state index contributed by atoms with van der Waals surface area (Å²) in [4.78, 5) is 26.8. The summed E-state index contributed by atoms with van der Waals surface area (Å²) in [6.45, 7) is 1.80. The van der Waals surface area contributed by atoms with E-state index in [1.807, 2.05) is 53.1 Å². The molecule has 5 aromatic rings. The number of hydrogen-bond donors (Lipinski definition) is 4. The SMILES string of the molecule is CC(O)CNC(=O)c1cccc(-c2ccc3nc(-c4cccnc4N)n(-c4ccc(C5(N)CCC5)cc4)c3n2)c1. The summed E-state index contributed by atoms with van der Waals surface area (Å²) in [6.07, 6.45) is 4.14. The molecule has 1 atom stereocenters. The van der Waals surface area contributed by atoms with Crippen LogP contribution in [0, 0.1) is 0 Å². The van der Waals surface area contributed by atoms with Crippen LogP contribution in [0.1, 0.15) is 42.1 Å². The van der Waals surface area contributed by atoms with Crippen LogP contribution in [0.25, 0.3) is 39.5 Å². The van der Waals surface area contributed by atoms with Gasteiger partial charge >= 0.3 is 0 Å². The van der Waals surface area contributed by atoms with E-state index in [1.54, 1.807) is 25.3 Å². The maximum atomic E-state index is 12.6. The van der Waals surface area contributed by atoms with E-state index in [1.165, 1.54) is 0 Å². The standard InChI is InChI=1S/C31H31N7O2/c1-19(39)18-35-30(40)21-6-2-5-20(17-21)25-12-13-26-29(36-25)38(28(37-26)24-7-3-16-34-27(24)32)23-10-8-22(9-11-23)31(33)14-4-15-31/h2-3,5-13,16-17,19,39H,4,14-15,18,33H2,1H3,(H2,32,34)(H,35,40). The molecular weight excluding hydrogens is 502 g/mol. The molecule has 3 aromatic heterocycles. The third-order valence-electron chi connectivity index (χ3n) is 7.51. The summed E-state index contributed by atoms with van der Waals surface area (Å²) < 4.78 is 1.99.